The van der Waals surface area contributed by atoms with E-state index in [1.54, 1.807) is 6.92 Å². The predicted octanol–water partition coefficient (Wildman–Crippen LogP) is 1.98. The quantitative estimate of drug-likeness (QED) is 0.653. The molecule has 0 saturated carbocycles. The second-order valence-corrected chi connectivity index (χ2v) is 2.01. The molecule has 1 rings (SSSR count). The molecular formula is C6H7F3N2. The van der Waals surface area contributed by atoms with Crippen LogP contribution in [0.5, 0.6) is 0 Å². The van der Waals surface area contributed by atoms with Crippen molar-refractivity contribution in [3.63, 3.8) is 0 Å². The Labute approximate surface area is 61.6 Å². The van der Waals surface area contributed by atoms with Crippen LogP contribution in [0.15, 0.2) is 6.20 Å². The van der Waals surface area contributed by atoms with Crippen LogP contribution in [0.1, 0.15) is 18.9 Å². The van der Waals surface area contributed by atoms with E-state index in [2.05, 4.69) is 5.10 Å². The normalized spacial score (nSPS) is 11.0. The summed E-state index contributed by atoms with van der Waals surface area (Å²) in [5.41, 5.74) is -0.633. The van der Waals surface area contributed by atoms with Gasteiger partial charge in [-0.1, -0.05) is 0 Å². The molecule has 0 saturated heterocycles. The van der Waals surface area contributed by atoms with Crippen molar-refractivity contribution in [1.82, 2.24) is 9.78 Å². The third-order valence-electron chi connectivity index (χ3n) is 1.34. The lowest BCUT2D eigenvalue weighted by Crippen LogP contribution is -2.00. The predicted molar refractivity (Wildman–Crippen MR) is 32.8 cm³/mol. The molecule has 1 heterocycles. The first kappa shape index (κ1) is 8.10. The lowest BCUT2D eigenvalue weighted by atomic mass is 10.4. The summed E-state index contributed by atoms with van der Waals surface area (Å²) in [6, 6.07) is 0. The monoisotopic (exact) mass is 164 g/mol. The van der Waals surface area contributed by atoms with Crippen molar-refractivity contribution in [1.29, 1.82) is 0 Å². The standard InChI is InChI=1S/C6H7F3N2/c1-2-11-6(9)4(3-10-11)5(7)8/h3,5H,2H2,1H3. The highest BCUT2D eigenvalue weighted by Crippen LogP contribution is 2.20. The first-order valence-electron chi connectivity index (χ1n) is 3.16. The van der Waals surface area contributed by atoms with Gasteiger partial charge in [0.1, 0.15) is 0 Å². The Bertz CT molecular complexity index is 244. The van der Waals surface area contributed by atoms with Crippen LogP contribution >= 0.6 is 0 Å². The van der Waals surface area contributed by atoms with Crippen molar-refractivity contribution in [3.05, 3.63) is 17.7 Å². The van der Waals surface area contributed by atoms with E-state index in [0.29, 0.717) is 0 Å². The average molecular weight is 164 g/mol. The van der Waals surface area contributed by atoms with Gasteiger partial charge in [-0.25, -0.2) is 13.5 Å². The van der Waals surface area contributed by atoms with Crippen LogP contribution in [0.4, 0.5) is 13.2 Å². The molecule has 0 aliphatic rings. The molecule has 0 atom stereocenters. The summed E-state index contributed by atoms with van der Waals surface area (Å²) < 4.78 is 37.4. The smallest absolute Gasteiger partial charge is 0.239 e. The molecule has 1 aromatic rings. The van der Waals surface area contributed by atoms with E-state index in [9.17, 15) is 13.2 Å². The Morgan fingerprint density at radius 1 is 1.64 bits per heavy atom. The number of alkyl halides is 2. The molecule has 0 bridgehead atoms. The maximum absolute atomic E-state index is 12.7. The van der Waals surface area contributed by atoms with Crippen molar-refractivity contribution in [2.45, 2.75) is 19.9 Å². The SMILES string of the molecule is CCn1ncc(C(F)F)c1F. The molecule has 11 heavy (non-hydrogen) atoms. The Hall–Kier alpha value is -1.00. The van der Waals surface area contributed by atoms with Crippen LogP contribution in [-0.2, 0) is 6.54 Å². The van der Waals surface area contributed by atoms with Gasteiger partial charge in [-0.15, -0.1) is 0 Å². The van der Waals surface area contributed by atoms with E-state index in [1.165, 1.54) is 0 Å². The zero-order chi connectivity index (χ0) is 8.43. The summed E-state index contributed by atoms with van der Waals surface area (Å²) >= 11 is 0. The molecule has 5 heteroatoms. The molecular weight excluding hydrogens is 157 g/mol. The van der Waals surface area contributed by atoms with Gasteiger partial charge in [0.2, 0.25) is 5.95 Å². The zero-order valence-corrected chi connectivity index (χ0v) is 5.89. The summed E-state index contributed by atoms with van der Waals surface area (Å²) in [7, 11) is 0. The fourth-order valence-electron chi connectivity index (χ4n) is 0.752. The number of rotatable bonds is 2. The first-order chi connectivity index (χ1) is 5.16. The van der Waals surface area contributed by atoms with Gasteiger partial charge in [-0.3, -0.25) is 0 Å². The Balaban J connectivity index is 3.00. The van der Waals surface area contributed by atoms with Crippen molar-refractivity contribution in [3.8, 4) is 0 Å². The number of aryl methyl sites for hydroxylation is 1. The number of hydrogen-bond donors (Lipinski definition) is 0. The van der Waals surface area contributed by atoms with E-state index < -0.39 is 17.9 Å². The molecule has 0 aromatic carbocycles. The average Bonchev–Trinajstić information content (AvgIpc) is 2.30. The highest BCUT2D eigenvalue weighted by molar-refractivity contribution is 5.07. The van der Waals surface area contributed by atoms with Crippen LogP contribution in [0.25, 0.3) is 0 Å². The summed E-state index contributed by atoms with van der Waals surface area (Å²) in [6.07, 6.45) is -1.93. The lowest BCUT2D eigenvalue weighted by Gasteiger charge is -1.96. The van der Waals surface area contributed by atoms with Gasteiger partial charge in [0.05, 0.1) is 11.8 Å². The van der Waals surface area contributed by atoms with Gasteiger partial charge in [0.25, 0.3) is 6.43 Å². The van der Waals surface area contributed by atoms with Gasteiger partial charge in [0, 0.05) is 6.54 Å². The second-order valence-electron chi connectivity index (χ2n) is 2.01. The maximum atomic E-state index is 12.7. The van der Waals surface area contributed by atoms with Gasteiger partial charge < -0.3 is 0 Å². The Morgan fingerprint density at radius 2 is 2.27 bits per heavy atom. The molecule has 0 spiro atoms. The van der Waals surface area contributed by atoms with Crippen LogP contribution in [0, 0.1) is 5.95 Å². The molecule has 0 radical (unpaired) electrons. The maximum Gasteiger partial charge on any atom is 0.269 e. The zero-order valence-electron chi connectivity index (χ0n) is 5.89. The van der Waals surface area contributed by atoms with Gasteiger partial charge in [0.15, 0.2) is 0 Å². The highest BCUT2D eigenvalue weighted by Gasteiger charge is 2.17. The van der Waals surface area contributed by atoms with E-state index in [0.717, 1.165) is 10.9 Å². The number of hydrogen-bond acceptors (Lipinski definition) is 1. The number of nitrogens with zero attached hydrogens (tertiary/aromatic N) is 2. The highest BCUT2D eigenvalue weighted by atomic mass is 19.3. The minimum atomic E-state index is -2.78. The minimum absolute atomic E-state index is 0.262. The second kappa shape index (κ2) is 2.94. The van der Waals surface area contributed by atoms with Gasteiger partial charge in [-0.05, 0) is 6.92 Å². The summed E-state index contributed by atoms with van der Waals surface area (Å²) in [6.45, 7) is 1.89. The molecule has 0 amide bonds. The third-order valence-corrected chi connectivity index (χ3v) is 1.34. The van der Waals surface area contributed by atoms with E-state index in [4.69, 9.17) is 0 Å². The minimum Gasteiger partial charge on any atom is -0.239 e. The molecule has 0 aliphatic carbocycles. The van der Waals surface area contributed by atoms with E-state index in [-0.39, 0.29) is 6.54 Å². The van der Waals surface area contributed by atoms with E-state index >= 15 is 0 Å². The largest absolute Gasteiger partial charge is 0.269 e. The van der Waals surface area contributed by atoms with Crippen molar-refractivity contribution in [2.24, 2.45) is 0 Å². The van der Waals surface area contributed by atoms with Crippen molar-refractivity contribution in [2.75, 3.05) is 0 Å². The Morgan fingerprint density at radius 3 is 2.55 bits per heavy atom. The van der Waals surface area contributed by atoms with Crippen molar-refractivity contribution >= 4 is 0 Å². The summed E-state index contributed by atoms with van der Waals surface area (Å²) in [5.74, 6) is -0.942. The number of halogens is 3. The van der Waals surface area contributed by atoms with Crippen LogP contribution < -0.4 is 0 Å². The molecule has 2 nitrogen and oxygen atoms in total. The van der Waals surface area contributed by atoms with Crippen LogP contribution in [0.3, 0.4) is 0 Å². The fourth-order valence-corrected chi connectivity index (χ4v) is 0.752. The van der Waals surface area contributed by atoms with Crippen LogP contribution in [-0.4, -0.2) is 9.78 Å². The molecule has 0 unspecified atom stereocenters. The fraction of sp³-hybridized carbons (Fsp3) is 0.500. The summed E-state index contributed by atoms with van der Waals surface area (Å²) in [5, 5.41) is 3.42. The summed E-state index contributed by atoms with van der Waals surface area (Å²) in [4.78, 5) is 0. The first-order valence-corrected chi connectivity index (χ1v) is 3.16. The topological polar surface area (TPSA) is 17.8 Å². The van der Waals surface area contributed by atoms with Crippen molar-refractivity contribution < 1.29 is 13.2 Å². The molecule has 62 valence electrons. The molecule has 1 aromatic heterocycles. The van der Waals surface area contributed by atoms with Crippen LogP contribution in [0.2, 0.25) is 0 Å². The van der Waals surface area contributed by atoms with Gasteiger partial charge in [-0.2, -0.15) is 9.49 Å². The molecule has 0 fully saturated rings. The number of aromatic nitrogens is 2. The van der Waals surface area contributed by atoms with Gasteiger partial charge >= 0.3 is 0 Å². The Kier molecular flexibility index (Phi) is 2.16. The third kappa shape index (κ3) is 1.36. The molecule has 0 aliphatic heterocycles. The molecule has 0 N–H and O–H groups in total. The lowest BCUT2D eigenvalue weighted by molar-refractivity contribution is 0.145. The van der Waals surface area contributed by atoms with E-state index in [1.807, 2.05) is 0 Å².